The Morgan fingerprint density at radius 2 is 1.95 bits per heavy atom. The number of hydrogen-bond acceptors (Lipinski definition) is 2. The molecule has 0 spiro atoms. The zero-order valence-corrected chi connectivity index (χ0v) is 12.3. The minimum absolute atomic E-state index is 0.0262. The highest BCUT2D eigenvalue weighted by Crippen LogP contribution is 2.23. The van der Waals surface area contributed by atoms with Gasteiger partial charge in [-0.05, 0) is 36.2 Å². The Morgan fingerprint density at radius 3 is 2.71 bits per heavy atom. The molecule has 2 aromatic rings. The Bertz CT molecular complexity index is 646. The van der Waals surface area contributed by atoms with Gasteiger partial charge in [-0.25, -0.2) is 8.78 Å². The number of thioether (sulfide) groups is 1. The first-order valence-corrected chi connectivity index (χ1v) is 7.54. The van der Waals surface area contributed by atoms with Crippen LogP contribution in [0.3, 0.4) is 0 Å². The molecule has 0 aromatic heterocycles. The second-order valence-corrected chi connectivity index (χ2v) is 5.44. The largest absolute Gasteiger partial charge is 0.325 e. The van der Waals surface area contributed by atoms with E-state index in [-0.39, 0.29) is 16.6 Å². The van der Waals surface area contributed by atoms with Crippen molar-refractivity contribution >= 4 is 23.4 Å². The van der Waals surface area contributed by atoms with Gasteiger partial charge >= 0.3 is 0 Å². The lowest BCUT2D eigenvalue weighted by atomic mass is 10.1. The van der Waals surface area contributed by atoms with Crippen molar-refractivity contribution in [2.45, 2.75) is 18.2 Å². The van der Waals surface area contributed by atoms with Gasteiger partial charge in [-0.2, -0.15) is 0 Å². The Morgan fingerprint density at radius 1 is 1.19 bits per heavy atom. The smallest absolute Gasteiger partial charge is 0.234 e. The second kappa shape index (κ2) is 7.22. The third kappa shape index (κ3) is 4.29. The van der Waals surface area contributed by atoms with Crippen molar-refractivity contribution in [1.29, 1.82) is 0 Å². The van der Waals surface area contributed by atoms with E-state index in [1.165, 1.54) is 0 Å². The van der Waals surface area contributed by atoms with Crippen LogP contribution in [0.2, 0.25) is 0 Å². The molecule has 0 aliphatic carbocycles. The number of hydrogen-bond donors (Lipinski definition) is 1. The summed E-state index contributed by atoms with van der Waals surface area (Å²) in [6.45, 7) is 2.00. The molecule has 0 fully saturated rings. The highest BCUT2D eigenvalue weighted by atomic mass is 32.2. The number of amides is 1. The van der Waals surface area contributed by atoms with E-state index >= 15 is 0 Å². The molecule has 0 radical (unpaired) electrons. The van der Waals surface area contributed by atoms with Gasteiger partial charge in [0.05, 0.1) is 5.75 Å². The van der Waals surface area contributed by atoms with Gasteiger partial charge in [-0.1, -0.05) is 25.1 Å². The van der Waals surface area contributed by atoms with Crippen molar-refractivity contribution in [1.82, 2.24) is 0 Å². The predicted octanol–water partition coefficient (Wildman–Crippen LogP) is 4.26. The molecule has 110 valence electrons. The fourth-order valence-corrected chi connectivity index (χ4v) is 2.63. The standard InChI is InChI=1S/C16H15F2NOS/c1-2-11-5-3-4-6-14(11)19-16(20)10-21-15-9-12(17)7-8-13(15)18/h3-9H,2,10H2,1H3,(H,19,20). The van der Waals surface area contributed by atoms with Gasteiger partial charge in [-0.15, -0.1) is 11.8 Å². The second-order valence-electron chi connectivity index (χ2n) is 4.42. The normalized spacial score (nSPS) is 10.4. The number of nitrogens with one attached hydrogen (secondary N) is 1. The number of para-hydroxylation sites is 1. The number of anilines is 1. The molecule has 1 amide bonds. The van der Waals surface area contributed by atoms with Gasteiger partial charge in [0.15, 0.2) is 0 Å². The quantitative estimate of drug-likeness (QED) is 0.836. The molecule has 0 saturated carbocycles. The first-order chi connectivity index (χ1) is 10.1. The van der Waals surface area contributed by atoms with Crippen molar-refractivity contribution in [3.8, 4) is 0 Å². The van der Waals surface area contributed by atoms with Crippen LogP contribution in [0.1, 0.15) is 12.5 Å². The number of carbonyl (C=O) groups excluding carboxylic acids is 1. The number of benzene rings is 2. The van der Waals surface area contributed by atoms with Gasteiger partial charge in [0, 0.05) is 10.6 Å². The number of halogens is 2. The molecule has 0 bridgehead atoms. The number of rotatable bonds is 5. The van der Waals surface area contributed by atoms with Crippen LogP contribution in [0.15, 0.2) is 47.4 Å². The average Bonchev–Trinajstić information content (AvgIpc) is 2.49. The van der Waals surface area contributed by atoms with Crippen molar-refractivity contribution in [2.24, 2.45) is 0 Å². The van der Waals surface area contributed by atoms with E-state index in [4.69, 9.17) is 0 Å². The molecule has 2 rings (SSSR count). The van der Waals surface area contributed by atoms with Gasteiger partial charge in [0.1, 0.15) is 11.6 Å². The summed E-state index contributed by atoms with van der Waals surface area (Å²) in [7, 11) is 0. The van der Waals surface area contributed by atoms with Crippen LogP contribution in [0.5, 0.6) is 0 Å². The highest BCUT2D eigenvalue weighted by Gasteiger charge is 2.09. The number of aryl methyl sites for hydroxylation is 1. The average molecular weight is 307 g/mol. The molecular weight excluding hydrogens is 292 g/mol. The fourth-order valence-electron chi connectivity index (χ4n) is 1.87. The van der Waals surface area contributed by atoms with Crippen molar-refractivity contribution in [3.63, 3.8) is 0 Å². The first-order valence-electron chi connectivity index (χ1n) is 6.55. The summed E-state index contributed by atoms with van der Waals surface area (Å²) in [5.41, 5.74) is 1.79. The zero-order chi connectivity index (χ0) is 15.2. The monoisotopic (exact) mass is 307 g/mol. The molecule has 0 aliphatic heterocycles. The predicted molar refractivity (Wildman–Crippen MR) is 81.5 cm³/mol. The molecule has 0 aliphatic rings. The molecule has 2 nitrogen and oxygen atoms in total. The molecule has 0 unspecified atom stereocenters. The van der Waals surface area contributed by atoms with E-state index in [0.29, 0.717) is 0 Å². The first kappa shape index (κ1) is 15.5. The summed E-state index contributed by atoms with van der Waals surface area (Å²) >= 11 is 0.975. The van der Waals surface area contributed by atoms with Crippen LogP contribution in [0.25, 0.3) is 0 Å². The van der Waals surface area contributed by atoms with Gasteiger partial charge in [0.25, 0.3) is 0 Å². The Balaban J connectivity index is 1.97. The Labute approximate surface area is 126 Å². The Kier molecular flexibility index (Phi) is 5.33. The molecule has 5 heteroatoms. The summed E-state index contributed by atoms with van der Waals surface area (Å²) in [5, 5.41) is 2.79. The molecular formula is C16H15F2NOS. The van der Waals surface area contributed by atoms with Gasteiger partial charge in [0.2, 0.25) is 5.91 Å². The van der Waals surface area contributed by atoms with E-state index in [2.05, 4.69) is 5.32 Å². The maximum absolute atomic E-state index is 13.4. The van der Waals surface area contributed by atoms with Crippen LogP contribution in [-0.2, 0) is 11.2 Å². The molecule has 1 N–H and O–H groups in total. The topological polar surface area (TPSA) is 29.1 Å². The lowest BCUT2D eigenvalue weighted by Crippen LogP contribution is -2.15. The van der Waals surface area contributed by atoms with E-state index < -0.39 is 11.6 Å². The van der Waals surface area contributed by atoms with E-state index in [0.717, 1.165) is 47.6 Å². The number of carbonyl (C=O) groups is 1. The lowest BCUT2D eigenvalue weighted by molar-refractivity contribution is -0.113. The van der Waals surface area contributed by atoms with Crippen molar-refractivity contribution in [3.05, 3.63) is 59.7 Å². The van der Waals surface area contributed by atoms with E-state index in [1.807, 2.05) is 31.2 Å². The molecule has 0 heterocycles. The summed E-state index contributed by atoms with van der Waals surface area (Å²) in [4.78, 5) is 12.0. The maximum Gasteiger partial charge on any atom is 0.234 e. The van der Waals surface area contributed by atoms with Crippen molar-refractivity contribution in [2.75, 3.05) is 11.1 Å². The lowest BCUT2D eigenvalue weighted by Gasteiger charge is -2.09. The SMILES string of the molecule is CCc1ccccc1NC(=O)CSc1cc(F)ccc1F. The van der Waals surface area contributed by atoms with Crippen molar-refractivity contribution < 1.29 is 13.6 Å². The van der Waals surface area contributed by atoms with Gasteiger partial charge in [-0.3, -0.25) is 4.79 Å². The Hall–Kier alpha value is -1.88. The third-order valence-corrected chi connectivity index (χ3v) is 3.95. The molecule has 21 heavy (non-hydrogen) atoms. The van der Waals surface area contributed by atoms with Crippen LogP contribution in [0.4, 0.5) is 14.5 Å². The summed E-state index contributed by atoms with van der Waals surface area (Å²) in [5.74, 6) is -1.26. The molecule has 0 atom stereocenters. The summed E-state index contributed by atoms with van der Waals surface area (Å²) in [6, 6.07) is 10.7. The van der Waals surface area contributed by atoms with E-state index in [1.54, 1.807) is 0 Å². The van der Waals surface area contributed by atoms with Gasteiger partial charge < -0.3 is 5.32 Å². The summed E-state index contributed by atoms with van der Waals surface area (Å²) < 4.78 is 26.5. The van der Waals surface area contributed by atoms with Crippen LogP contribution in [-0.4, -0.2) is 11.7 Å². The van der Waals surface area contributed by atoms with Crippen LogP contribution in [0, 0.1) is 11.6 Å². The summed E-state index contributed by atoms with van der Waals surface area (Å²) in [6.07, 6.45) is 0.808. The third-order valence-electron chi connectivity index (χ3n) is 2.92. The van der Waals surface area contributed by atoms with E-state index in [9.17, 15) is 13.6 Å². The molecule has 2 aromatic carbocycles. The minimum atomic E-state index is -0.525. The maximum atomic E-state index is 13.4. The van der Waals surface area contributed by atoms with Crippen LogP contribution < -0.4 is 5.32 Å². The highest BCUT2D eigenvalue weighted by molar-refractivity contribution is 8.00. The minimum Gasteiger partial charge on any atom is -0.325 e. The fraction of sp³-hybridized carbons (Fsp3) is 0.188. The molecule has 0 saturated heterocycles. The zero-order valence-electron chi connectivity index (χ0n) is 11.5. The van der Waals surface area contributed by atoms with Crippen LogP contribution >= 0.6 is 11.8 Å².